The molecule has 7 heteroatoms. The molecule has 108 valence electrons. The van der Waals surface area contributed by atoms with E-state index in [1.807, 2.05) is 12.1 Å². The number of nitrogens with zero attached hydrogens (tertiary/aromatic N) is 2. The van der Waals surface area contributed by atoms with E-state index in [1.54, 1.807) is 25.3 Å². The lowest BCUT2D eigenvalue weighted by Gasteiger charge is -2.03. The minimum Gasteiger partial charge on any atom is -0.497 e. The number of hydrogen-bond acceptors (Lipinski definition) is 5. The number of aromatic amines is 1. The molecule has 21 heavy (non-hydrogen) atoms. The fourth-order valence-electron chi connectivity index (χ4n) is 1.76. The third kappa shape index (κ3) is 3.30. The summed E-state index contributed by atoms with van der Waals surface area (Å²) in [4.78, 5) is -0.307. The maximum Gasteiger partial charge on any atom is 0.185 e. The zero-order valence-electron chi connectivity index (χ0n) is 11.5. The van der Waals surface area contributed by atoms with Crippen molar-refractivity contribution in [2.24, 2.45) is 0 Å². The first-order valence-electron chi connectivity index (χ1n) is 5.95. The van der Waals surface area contributed by atoms with Crippen molar-refractivity contribution in [1.82, 2.24) is 10.2 Å². The Morgan fingerprint density at radius 3 is 2.57 bits per heavy atom. The number of methoxy groups -OCH3 is 1. The minimum atomic E-state index is -3.56. The molecule has 1 aromatic heterocycles. The van der Waals surface area contributed by atoms with Gasteiger partial charge in [-0.3, -0.25) is 5.10 Å². The number of nitrogens with one attached hydrogen (secondary N) is 1. The molecule has 0 saturated heterocycles. The number of aromatic nitrogens is 2. The van der Waals surface area contributed by atoms with E-state index in [9.17, 15) is 8.42 Å². The number of benzene rings is 1. The van der Waals surface area contributed by atoms with Crippen LogP contribution in [0.15, 0.2) is 35.4 Å². The second-order valence-electron chi connectivity index (χ2n) is 4.32. The molecule has 6 nitrogen and oxygen atoms in total. The number of rotatable bonds is 4. The molecule has 0 amide bonds. The van der Waals surface area contributed by atoms with Gasteiger partial charge < -0.3 is 4.74 Å². The third-order valence-electron chi connectivity index (χ3n) is 2.84. The van der Waals surface area contributed by atoms with Gasteiger partial charge in [-0.1, -0.05) is 0 Å². The van der Waals surface area contributed by atoms with Crippen molar-refractivity contribution in [1.29, 1.82) is 5.26 Å². The highest BCUT2D eigenvalue weighted by Gasteiger charge is 2.13. The number of sulfone groups is 1. The number of H-pyrrole nitrogens is 1. The van der Waals surface area contributed by atoms with Crippen LogP contribution < -0.4 is 4.74 Å². The van der Waals surface area contributed by atoms with Gasteiger partial charge in [0, 0.05) is 17.4 Å². The summed E-state index contributed by atoms with van der Waals surface area (Å²) < 4.78 is 28.0. The average Bonchev–Trinajstić information content (AvgIpc) is 2.91. The van der Waals surface area contributed by atoms with Gasteiger partial charge in [0.1, 0.15) is 16.7 Å². The second kappa shape index (κ2) is 5.81. The van der Waals surface area contributed by atoms with Crippen molar-refractivity contribution in [3.8, 4) is 23.1 Å². The molecular formula is C14H13N3O3S. The number of hydrogen-bond donors (Lipinski definition) is 1. The fraction of sp³-hybridized carbons (Fsp3) is 0.143. The summed E-state index contributed by atoms with van der Waals surface area (Å²) in [5.74, 6) is 0.712. The lowest BCUT2D eigenvalue weighted by atomic mass is 10.1. The van der Waals surface area contributed by atoms with Gasteiger partial charge in [-0.15, -0.1) is 0 Å². The van der Waals surface area contributed by atoms with Crippen LogP contribution in [0.5, 0.6) is 5.75 Å². The van der Waals surface area contributed by atoms with Crippen LogP contribution in [-0.2, 0) is 9.84 Å². The zero-order valence-corrected chi connectivity index (χ0v) is 12.3. The van der Waals surface area contributed by atoms with E-state index in [0.29, 0.717) is 17.0 Å². The summed E-state index contributed by atoms with van der Waals surface area (Å²) >= 11 is 0. The molecule has 2 rings (SSSR count). The highest BCUT2D eigenvalue weighted by molar-refractivity contribution is 7.95. The average molecular weight is 303 g/mol. The van der Waals surface area contributed by atoms with E-state index < -0.39 is 9.84 Å². The van der Waals surface area contributed by atoms with Crippen molar-refractivity contribution in [3.63, 3.8) is 0 Å². The normalized spacial score (nSPS) is 12.0. The summed E-state index contributed by atoms with van der Waals surface area (Å²) in [6, 6.07) is 8.89. The van der Waals surface area contributed by atoms with Crippen LogP contribution in [0.25, 0.3) is 17.3 Å². The first-order chi connectivity index (χ1) is 9.95. The highest BCUT2D eigenvalue weighted by Crippen LogP contribution is 2.25. The fourth-order valence-corrected chi connectivity index (χ4v) is 2.26. The Morgan fingerprint density at radius 1 is 1.38 bits per heavy atom. The molecule has 1 aromatic carbocycles. The quantitative estimate of drug-likeness (QED) is 0.871. The minimum absolute atomic E-state index is 0.307. The molecule has 1 heterocycles. The van der Waals surface area contributed by atoms with Crippen molar-refractivity contribution < 1.29 is 13.2 Å². The first kappa shape index (κ1) is 14.8. The zero-order chi connectivity index (χ0) is 15.5. The monoisotopic (exact) mass is 303 g/mol. The van der Waals surface area contributed by atoms with Gasteiger partial charge in [0.05, 0.1) is 19.0 Å². The first-order valence-corrected chi connectivity index (χ1v) is 7.84. The maximum absolute atomic E-state index is 11.5. The summed E-state index contributed by atoms with van der Waals surface area (Å²) in [6.07, 6.45) is 3.77. The SMILES string of the molecule is COc1ccc(-c2[nH]ncc2C=C(C#N)S(C)(=O)=O)cc1. The van der Waals surface area contributed by atoms with E-state index >= 15 is 0 Å². The molecule has 0 saturated carbocycles. The molecule has 0 unspecified atom stereocenters. The van der Waals surface area contributed by atoms with Crippen LogP contribution in [-0.4, -0.2) is 32.0 Å². The molecule has 1 N–H and O–H groups in total. The Labute approximate surface area is 122 Å². The van der Waals surface area contributed by atoms with Crippen molar-refractivity contribution in [2.45, 2.75) is 0 Å². The summed E-state index contributed by atoms with van der Waals surface area (Å²) in [5, 5.41) is 15.7. The smallest absolute Gasteiger partial charge is 0.185 e. The molecule has 0 radical (unpaired) electrons. The largest absolute Gasteiger partial charge is 0.497 e. The van der Waals surface area contributed by atoms with Gasteiger partial charge in [-0.25, -0.2) is 8.42 Å². The van der Waals surface area contributed by atoms with E-state index in [1.165, 1.54) is 12.3 Å². The van der Waals surface area contributed by atoms with Crippen molar-refractivity contribution in [3.05, 3.63) is 40.9 Å². The Morgan fingerprint density at radius 2 is 2.05 bits per heavy atom. The van der Waals surface area contributed by atoms with Gasteiger partial charge in [0.15, 0.2) is 9.84 Å². The van der Waals surface area contributed by atoms with E-state index in [-0.39, 0.29) is 4.91 Å². The number of allylic oxidation sites excluding steroid dienone is 1. The third-order valence-corrected chi connectivity index (χ3v) is 3.85. The summed E-state index contributed by atoms with van der Waals surface area (Å²) in [7, 11) is -1.99. The lowest BCUT2D eigenvalue weighted by Crippen LogP contribution is -1.98. The van der Waals surface area contributed by atoms with Gasteiger partial charge in [-0.05, 0) is 30.3 Å². The van der Waals surface area contributed by atoms with Crippen LogP contribution in [0.2, 0.25) is 0 Å². The topological polar surface area (TPSA) is 95.8 Å². The van der Waals surface area contributed by atoms with Gasteiger partial charge >= 0.3 is 0 Å². The molecule has 0 fully saturated rings. The standard InChI is InChI=1S/C14H13N3O3S/c1-20-12-5-3-10(4-6-12)14-11(9-16-17-14)7-13(8-15)21(2,18)19/h3-7,9H,1-2H3,(H,16,17). The molecule has 0 bridgehead atoms. The van der Waals surface area contributed by atoms with Crippen molar-refractivity contribution in [2.75, 3.05) is 13.4 Å². The molecule has 0 aliphatic carbocycles. The lowest BCUT2D eigenvalue weighted by molar-refractivity contribution is 0.415. The Balaban J connectivity index is 2.48. The van der Waals surface area contributed by atoms with Crippen LogP contribution >= 0.6 is 0 Å². The molecule has 2 aromatic rings. The number of ether oxygens (including phenoxy) is 1. The predicted octanol–water partition coefficient (Wildman–Crippen LogP) is 1.99. The Bertz CT molecular complexity index is 812. The van der Waals surface area contributed by atoms with Crippen LogP contribution in [0.1, 0.15) is 5.56 Å². The van der Waals surface area contributed by atoms with Gasteiger partial charge in [-0.2, -0.15) is 10.4 Å². The Hall–Kier alpha value is -2.59. The highest BCUT2D eigenvalue weighted by atomic mass is 32.2. The second-order valence-corrected chi connectivity index (χ2v) is 6.31. The summed E-state index contributed by atoms with van der Waals surface area (Å²) in [6.45, 7) is 0. The molecule has 0 atom stereocenters. The van der Waals surface area contributed by atoms with E-state index in [2.05, 4.69) is 10.2 Å². The Kier molecular flexibility index (Phi) is 4.10. The molecular weight excluding hydrogens is 290 g/mol. The van der Waals surface area contributed by atoms with Gasteiger partial charge in [0.2, 0.25) is 0 Å². The number of nitriles is 1. The predicted molar refractivity (Wildman–Crippen MR) is 79.0 cm³/mol. The summed E-state index contributed by atoms with van der Waals surface area (Å²) in [5.41, 5.74) is 1.97. The van der Waals surface area contributed by atoms with Crippen LogP contribution in [0.3, 0.4) is 0 Å². The van der Waals surface area contributed by atoms with Crippen molar-refractivity contribution >= 4 is 15.9 Å². The van der Waals surface area contributed by atoms with Crippen LogP contribution in [0.4, 0.5) is 0 Å². The molecule has 0 spiro atoms. The van der Waals surface area contributed by atoms with E-state index in [4.69, 9.17) is 10.00 Å². The van der Waals surface area contributed by atoms with Crippen LogP contribution in [0, 0.1) is 11.3 Å². The molecule has 0 aliphatic heterocycles. The molecule has 0 aliphatic rings. The van der Waals surface area contributed by atoms with Gasteiger partial charge in [0.25, 0.3) is 0 Å². The van der Waals surface area contributed by atoms with E-state index in [0.717, 1.165) is 11.8 Å². The maximum atomic E-state index is 11.5.